The Balaban J connectivity index is 1.39. The molecule has 352 valence electrons. The van der Waals surface area contributed by atoms with E-state index >= 15 is 0 Å². The summed E-state index contributed by atoms with van der Waals surface area (Å²) in [6.07, 6.45) is 0.479. The van der Waals surface area contributed by atoms with Gasteiger partial charge in [-0.15, -0.1) is 5.10 Å². The molecule has 1 aromatic heterocycles. The van der Waals surface area contributed by atoms with Gasteiger partial charge >= 0.3 is 5.97 Å². The molecule has 3 fully saturated rings. The van der Waals surface area contributed by atoms with E-state index in [1.54, 1.807) is 37.6 Å². The molecule has 2 saturated heterocycles. The molecule has 1 aliphatic carbocycles. The third-order valence-corrected chi connectivity index (χ3v) is 13.7. The number of hydrogen-bond acceptors (Lipinski definition) is 16. The predicted molar refractivity (Wildman–Crippen MR) is 231 cm³/mol. The minimum atomic E-state index is -1.91. The molecule has 0 spiro atoms. The van der Waals surface area contributed by atoms with E-state index in [4.69, 9.17) is 23.8 Å². The highest BCUT2D eigenvalue weighted by Crippen LogP contribution is 2.39. The van der Waals surface area contributed by atoms with Gasteiger partial charge < -0.3 is 44.0 Å². The van der Waals surface area contributed by atoms with Crippen molar-refractivity contribution in [3.05, 3.63) is 51.8 Å². The molecule has 2 aromatic rings. The number of nitro groups is 1. The molecule has 1 saturated carbocycles. The standard InChI is InChI=1S/C45H70N6O12/c1-11-36-45(8,56)40(54)28(4)37(47-63-34-14-12-13-15-34)26(2)23-44(7,59-10)41(29(5)38(52)30(6)42(55)61-36)62-43-39(53)35(22-27(3)60-43)49(9)21-20-32-25-50(48-46-32)24-31-16-18-33(19-17-31)51(57)58/h16-19,25-30,34-36,39-41,43,53-54,56H,11-15,20-24H2,1-10H3/b47-37+/t26-,27-,28+,29+,30-,35+,36-,39-,40-,41-,43+,44-,45-/m1/s1. The number of aromatic nitrogens is 3. The average Bonchev–Trinajstić information content (AvgIpc) is 3.95. The fraction of sp³-hybridized carbons (Fsp3) is 0.756. The zero-order valence-corrected chi connectivity index (χ0v) is 38.6. The zero-order valence-electron chi connectivity index (χ0n) is 38.6. The lowest BCUT2D eigenvalue weighted by atomic mass is 9.74. The van der Waals surface area contributed by atoms with Crippen LogP contribution in [0.15, 0.2) is 35.6 Å². The highest BCUT2D eigenvalue weighted by Gasteiger charge is 2.52. The molecule has 1 aromatic carbocycles. The van der Waals surface area contributed by atoms with Crippen LogP contribution >= 0.6 is 0 Å². The third kappa shape index (κ3) is 11.9. The van der Waals surface area contributed by atoms with Crippen molar-refractivity contribution in [1.82, 2.24) is 19.9 Å². The van der Waals surface area contributed by atoms with Crippen molar-refractivity contribution in [3.8, 4) is 0 Å². The maximum absolute atomic E-state index is 14.4. The molecule has 2 aliphatic heterocycles. The number of rotatable bonds is 13. The Labute approximate surface area is 370 Å². The summed E-state index contributed by atoms with van der Waals surface area (Å²) in [5.41, 5.74) is -1.12. The first-order valence-electron chi connectivity index (χ1n) is 22.5. The summed E-state index contributed by atoms with van der Waals surface area (Å²) in [5.74, 6) is -4.81. The molecule has 18 heteroatoms. The largest absolute Gasteiger partial charge is 0.459 e. The number of oxime groups is 1. The van der Waals surface area contributed by atoms with Crippen molar-refractivity contribution in [3.63, 3.8) is 0 Å². The molecule has 13 atom stereocenters. The number of carbonyl (C=O) groups excluding carboxylic acids is 2. The Morgan fingerprint density at radius 3 is 2.35 bits per heavy atom. The number of nitrogens with zero attached hydrogens (tertiary/aromatic N) is 6. The van der Waals surface area contributed by atoms with E-state index in [0.29, 0.717) is 31.6 Å². The number of likely N-dealkylation sites (N-methyl/N-ethyl adjacent to an activating group) is 1. The summed E-state index contributed by atoms with van der Waals surface area (Å²) in [7, 11) is 3.42. The normalized spacial score (nSPS) is 36.0. The fourth-order valence-corrected chi connectivity index (χ4v) is 9.57. The molecule has 5 rings (SSSR count). The van der Waals surface area contributed by atoms with Gasteiger partial charge in [-0.1, -0.05) is 50.2 Å². The van der Waals surface area contributed by atoms with Crippen LogP contribution in [-0.4, -0.2) is 138 Å². The van der Waals surface area contributed by atoms with E-state index in [1.165, 1.54) is 33.1 Å². The molecule has 0 unspecified atom stereocenters. The van der Waals surface area contributed by atoms with Crippen LogP contribution in [0.3, 0.4) is 0 Å². The second kappa shape index (κ2) is 21.4. The number of methoxy groups -OCH3 is 1. The number of Topliss-reactive ketones (excluding diaryl/α,β-unsaturated/α-hetero) is 1. The number of carbonyl (C=O) groups is 2. The molecule has 3 N–H and O–H groups in total. The second-order valence-electron chi connectivity index (χ2n) is 18.6. The molecule has 3 aliphatic rings. The van der Waals surface area contributed by atoms with Gasteiger partial charge in [0, 0.05) is 62.2 Å². The van der Waals surface area contributed by atoms with Crippen molar-refractivity contribution in [2.45, 2.75) is 173 Å². The first-order chi connectivity index (χ1) is 29.7. The number of aliphatic hydroxyl groups is 3. The number of aliphatic hydroxyl groups excluding tert-OH is 2. The SMILES string of the molecule is CC[C@H]1OC(=O)[C@H](C)C(=O)[C@H](C)[C@@H](O[C@@H]2O[C@H](C)C[C@H](N(C)CCc3cn(Cc4ccc([N+](=O)[O-])cc4)nn3)[C@H]2O)[C@](C)(OC)C[C@@H](C)/C(=N\OC2CCCC2)[C@H](C)[C@@H](O)[C@]1(C)O. The van der Waals surface area contributed by atoms with Crippen molar-refractivity contribution in [2.75, 3.05) is 20.7 Å². The monoisotopic (exact) mass is 887 g/mol. The van der Waals surface area contributed by atoms with Crippen LogP contribution in [0.25, 0.3) is 0 Å². The summed E-state index contributed by atoms with van der Waals surface area (Å²) in [5, 5.41) is 59.9. The summed E-state index contributed by atoms with van der Waals surface area (Å²) < 4.78 is 26.9. The summed E-state index contributed by atoms with van der Waals surface area (Å²) in [6, 6.07) is 5.85. The number of non-ortho nitro benzene ring substituents is 1. The van der Waals surface area contributed by atoms with Crippen molar-refractivity contribution in [2.24, 2.45) is 28.8 Å². The van der Waals surface area contributed by atoms with Crippen molar-refractivity contribution in [1.29, 1.82) is 0 Å². The van der Waals surface area contributed by atoms with Crippen LogP contribution in [0.1, 0.15) is 112 Å². The number of hydrogen-bond donors (Lipinski definition) is 3. The number of benzene rings is 1. The summed E-state index contributed by atoms with van der Waals surface area (Å²) in [6.45, 7) is 14.6. The van der Waals surface area contributed by atoms with E-state index in [2.05, 4.69) is 15.5 Å². The number of ketones is 1. The van der Waals surface area contributed by atoms with Gasteiger partial charge in [-0.2, -0.15) is 0 Å². The highest BCUT2D eigenvalue weighted by atomic mass is 16.7. The van der Waals surface area contributed by atoms with Crippen LogP contribution in [0.4, 0.5) is 5.69 Å². The van der Waals surface area contributed by atoms with Gasteiger partial charge in [-0.25, -0.2) is 4.68 Å². The first-order valence-corrected chi connectivity index (χ1v) is 22.5. The Kier molecular flexibility index (Phi) is 17.0. The maximum Gasteiger partial charge on any atom is 0.316 e. The average molecular weight is 887 g/mol. The van der Waals surface area contributed by atoms with Crippen LogP contribution < -0.4 is 0 Å². The van der Waals surface area contributed by atoms with Gasteiger partial charge in [0.1, 0.15) is 29.8 Å². The van der Waals surface area contributed by atoms with E-state index in [-0.39, 0.29) is 30.7 Å². The Morgan fingerprint density at radius 1 is 1.06 bits per heavy atom. The Morgan fingerprint density at radius 2 is 1.73 bits per heavy atom. The smallest absolute Gasteiger partial charge is 0.316 e. The minimum Gasteiger partial charge on any atom is -0.459 e. The van der Waals surface area contributed by atoms with Crippen LogP contribution in [-0.2, 0) is 46.3 Å². The van der Waals surface area contributed by atoms with Crippen LogP contribution in [0.5, 0.6) is 0 Å². The number of nitro benzene ring substituents is 1. The first kappa shape index (κ1) is 50.1. The lowest BCUT2D eigenvalue weighted by Crippen LogP contribution is -2.60. The number of cyclic esters (lactones) is 1. The zero-order chi connectivity index (χ0) is 46.4. The van der Waals surface area contributed by atoms with Gasteiger partial charge in [-0.3, -0.25) is 19.7 Å². The van der Waals surface area contributed by atoms with Crippen molar-refractivity contribution < 1.29 is 53.6 Å². The minimum absolute atomic E-state index is 0.0129. The van der Waals surface area contributed by atoms with Crippen LogP contribution in [0, 0.1) is 33.8 Å². The van der Waals surface area contributed by atoms with E-state index < -0.39 is 88.3 Å². The Bertz CT molecular complexity index is 1870. The lowest BCUT2D eigenvalue weighted by Gasteiger charge is -2.47. The van der Waals surface area contributed by atoms with Gasteiger partial charge in [0.15, 0.2) is 12.1 Å². The predicted octanol–water partition coefficient (Wildman–Crippen LogP) is 4.63. The van der Waals surface area contributed by atoms with Crippen molar-refractivity contribution >= 4 is 23.2 Å². The maximum atomic E-state index is 14.4. The topological polar surface area (TPSA) is 230 Å². The third-order valence-electron chi connectivity index (χ3n) is 13.7. The number of esters is 1. The molecular formula is C45H70N6O12. The Hall–Kier alpha value is -3.91. The molecule has 18 nitrogen and oxygen atoms in total. The van der Waals surface area contributed by atoms with Crippen LogP contribution in [0.2, 0.25) is 0 Å². The second-order valence-corrected chi connectivity index (χ2v) is 18.6. The van der Waals surface area contributed by atoms with Gasteiger partial charge in [0.25, 0.3) is 5.69 Å². The summed E-state index contributed by atoms with van der Waals surface area (Å²) >= 11 is 0. The highest BCUT2D eigenvalue weighted by molar-refractivity contribution is 6.00. The molecule has 3 heterocycles. The fourth-order valence-electron chi connectivity index (χ4n) is 9.57. The molecule has 63 heavy (non-hydrogen) atoms. The molecular weight excluding hydrogens is 817 g/mol. The van der Waals surface area contributed by atoms with E-state index in [1.807, 2.05) is 38.9 Å². The van der Waals surface area contributed by atoms with E-state index in [9.17, 15) is 35.0 Å². The summed E-state index contributed by atoms with van der Waals surface area (Å²) in [4.78, 5) is 46.8. The molecule has 0 amide bonds. The molecule has 0 radical (unpaired) electrons. The lowest BCUT2D eigenvalue weighted by molar-refractivity contribution is -0.384. The van der Waals surface area contributed by atoms with Gasteiger partial charge in [-0.05, 0) is 85.3 Å². The number of ether oxygens (including phenoxy) is 4. The molecule has 0 bridgehead atoms. The van der Waals surface area contributed by atoms with Gasteiger partial charge in [0.2, 0.25) is 0 Å². The van der Waals surface area contributed by atoms with Gasteiger partial charge in [0.05, 0.1) is 46.8 Å². The quantitative estimate of drug-likeness (QED) is 0.108. The van der Waals surface area contributed by atoms with E-state index in [0.717, 1.165) is 36.9 Å².